The summed E-state index contributed by atoms with van der Waals surface area (Å²) in [6, 6.07) is 0.0176. The molecule has 0 aromatic rings. The fourth-order valence-corrected chi connectivity index (χ4v) is 1.93. The van der Waals surface area contributed by atoms with Gasteiger partial charge in [0.25, 0.3) is 0 Å². The first kappa shape index (κ1) is 12.2. The Morgan fingerprint density at radius 1 is 1.53 bits per heavy atom. The number of hydrogen-bond donors (Lipinski definition) is 3. The molecule has 4 N–H and O–H groups in total. The van der Waals surface area contributed by atoms with E-state index in [4.69, 9.17) is 15.9 Å². The maximum Gasteiger partial charge on any atom is 0.0783 e. The van der Waals surface area contributed by atoms with E-state index in [1.54, 1.807) is 0 Å². The van der Waals surface area contributed by atoms with Crippen molar-refractivity contribution >= 4 is 6.21 Å². The SMILES string of the molecule is CCNC1=C(C=N)CC(N)C(OCC)C1. The molecule has 0 heterocycles. The van der Waals surface area contributed by atoms with Crippen molar-refractivity contribution in [3.8, 4) is 0 Å². The zero-order valence-corrected chi connectivity index (χ0v) is 9.55. The first-order chi connectivity index (χ1) is 7.22. The van der Waals surface area contributed by atoms with Gasteiger partial charge in [-0.15, -0.1) is 0 Å². The van der Waals surface area contributed by atoms with E-state index in [9.17, 15) is 0 Å². The highest BCUT2D eigenvalue weighted by molar-refractivity contribution is 5.77. The van der Waals surface area contributed by atoms with E-state index in [2.05, 4.69) is 12.2 Å². The van der Waals surface area contributed by atoms with Crippen molar-refractivity contribution in [2.75, 3.05) is 13.2 Å². The largest absolute Gasteiger partial charge is 0.388 e. The van der Waals surface area contributed by atoms with Crippen LogP contribution in [0.2, 0.25) is 0 Å². The zero-order chi connectivity index (χ0) is 11.3. The fourth-order valence-electron chi connectivity index (χ4n) is 1.93. The molecule has 0 fully saturated rings. The van der Waals surface area contributed by atoms with Gasteiger partial charge in [0.1, 0.15) is 0 Å². The first-order valence-corrected chi connectivity index (χ1v) is 5.56. The molecule has 0 aromatic carbocycles. The van der Waals surface area contributed by atoms with Gasteiger partial charge in [-0.25, -0.2) is 0 Å². The molecule has 0 saturated carbocycles. The Bertz CT molecular complexity index is 250. The molecule has 0 radical (unpaired) electrons. The van der Waals surface area contributed by atoms with Crippen LogP contribution in [-0.4, -0.2) is 31.5 Å². The lowest BCUT2D eigenvalue weighted by molar-refractivity contribution is 0.0397. The quantitative estimate of drug-likeness (QED) is 0.595. The van der Waals surface area contributed by atoms with Gasteiger partial charge in [0, 0.05) is 37.5 Å². The fraction of sp³-hybridized carbons (Fsp3) is 0.727. The summed E-state index contributed by atoms with van der Waals surface area (Å²) in [5.74, 6) is 0. The summed E-state index contributed by atoms with van der Waals surface area (Å²) in [7, 11) is 0. The maximum absolute atomic E-state index is 7.34. The Kier molecular flexibility index (Phi) is 4.78. The lowest BCUT2D eigenvalue weighted by Gasteiger charge is -2.31. The highest BCUT2D eigenvalue weighted by Gasteiger charge is 2.26. The van der Waals surface area contributed by atoms with Crippen LogP contribution in [0.4, 0.5) is 0 Å². The molecule has 15 heavy (non-hydrogen) atoms. The van der Waals surface area contributed by atoms with Crippen molar-refractivity contribution in [3.63, 3.8) is 0 Å². The molecule has 2 atom stereocenters. The van der Waals surface area contributed by atoms with Crippen LogP contribution in [0.15, 0.2) is 11.3 Å². The zero-order valence-electron chi connectivity index (χ0n) is 9.55. The lowest BCUT2D eigenvalue weighted by Crippen LogP contribution is -2.42. The second-order valence-corrected chi connectivity index (χ2v) is 3.74. The number of nitrogens with two attached hydrogens (primary N) is 1. The van der Waals surface area contributed by atoms with Crippen molar-refractivity contribution in [1.82, 2.24) is 5.32 Å². The summed E-state index contributed by atoms with van der Waals surface area (Å²) >= 11 is 0. The van der Waals surface area contributed by atoms with Crippen molar-refractivity contribution < 1.29 is 4.74 Å². The highest BCUT2D eigenvalue weighted by atomic mass is 16.5. The van der Waals surface area contributed by atoms with Gasteiger partial charge in [0.2, 0.25) is 0 Å². The molecule has 0 aliphatic heterocycles. The number of hydrogen-bond acceptors (Lipinski definition) is 4. The van der Waals surface area contributed by atoms with Gasteiger partial charge >= 0.3 is 0 Å². The molecule has 0 aromatic heterocycles. The van der Waals surface area contributed by atoms with Crippen molar-refractivity contribution in [3.05, 3.63) is 11.3 Å². The van der Waals surface area contributed by atoms with Gasteiger partial charge in [-0.3, -0.25) is 0 Å². The number of rotatable bonds is 5. The van der Waals surface area contributed by atoms with Gasteiger partial charge in [-0.1, -0.05) is 0 Å². The van der Waals surface area contributed by atoms with Crippen molar-refractivity contribution in [2.45, 2.75) is 38.8 Å². The molecular weight excluding hydrogens is 190 g/mol. The second kappa shape index (κ2) is 5.88. The van der Waals surface area contributed by atoms with Crippen LogP contribution in [-0.2, 0) is 4.74 Å². The molecule has 0 spiro atoms. The minimum atomic E-state index is 0.0176. The average molecular weight is 211 g/mol. The van der Waals surface area contributed by atoms with Gasteiger partial charge in [-0.05, 0) is 25.8 Å². The van der Waals surface area contributed by atoms with Crippen LogP contribution >= 0.6 is 0 Å². The van der Waals surface area contributed by atoms with Crippen LogP contribution in [0.5, 0.6) is 0 Å². The minimum Gasteiger partial charge on any atom is -0.388 e. The molecule has 0 bridgehead atoms. The molecule has 4 nitrogen and oxygen atoms in total. The van der Waals surface area contributed by atoms with Gasteiger partial charge < -0.3 is 21.2 Å². The third-order valence-electron chi connectivity index (χ3n) is 2.67. The lowest BCUT2D eigenvalue weighted by atomic mass is 9.90. The minimum absolute atomic E-state index is 0.0176. The van der Waals surface area contributed by atoms with E-state index in [1.807, 2.05) is 6.92 Å². The average Bonchev–Trinajstić information content (AvgIpc) is 2.23. The molecule has 4 heteroatoms. The monoisotopic (exact) mass is 211 g/mol. The molecule has 0 amide bonds. The van der Waals surface area contributed by atoms with Crippen LogP contribution in [0, 0.1) is 5.41 Å². The highest BCUT2D eigenvalue weighted by Crippen LogP contribution is 2.23. The first-order valence-electron chi connectivity index (χ1n) is 5.56. The molecule has 1 aliphatic rings. The number of nitrogens with one attached hydrogen (secondary N) is 2. The predicted molar refractivity (Wildman–Crippen MR) is 62.1 cm³/mol. The predicted octanol–water partition coefficient (Wildman–Crippen LogP) is 1.03. The van der Waals surface area contributed by atoms with Crippen molar-refractivity contribution in [1.29, 1.82) is 5.41 Å². The molecular formula is C11H21N3O. The van der Waals surface area contributed by atoms with Crippen LogP contribution in [0.25, 0.3) is 0 Å². The van der Waals surface area contributed by atoms with Gasteiger partial charge in [0.15, 0.2) is 0 Å². The van der Waals surface area contributed by atoms with Gasteiger partial charge in [0.05, 0.1) is 6.10 Å². The maximum atomic E-state index is 7.34. The topological polar surface area (TPSA) is 71.1 Å². The van der Waals surface area contributed by atoms with E-state index in [-0.39, 0.29) is 12.1 Å². The van der Waals surface area contributed by atoms with E-state index in [1.165, 1.54) is 6.21 Å². The third-order valence-corrected chi connectivity index (χ3v) is 2.67. The summed E-state index contributed by atoms with van der Waals surface area (Å²) in [4.78, 5) is 0. The third kappa shape index (κ3) is 3.04. The standard InChI is InChI=1S/C11H21N3O/c1-3-14-10-6-11(15-4-2)9(13)5-8(10)7-12/h7,9,11-12,14H,3-6,13H2,1-2H3. The van der Waals surface area contributed by atoms with E-state index < -0.39 is 0 Å². The Hall–Kier alpha value is -0.870. The molecule has 2 unspecified atom stereocenters. The summed E-state index contributed by atoms with van der Waals surface area (Å²) in [5.41, 5.74) is 8.13. The molecule has 1 aliphatic carbocycles. The van der Waals surface area contributed by atoms with E-state index in [0.717, 1.165) is 30.7 Å². The summed E-state index contributed by atoms with van der Waals surface area (Å²) < 4.78 is 5.59. The number of ether oxygens (including phenoxy) is 1. The van der Waals surface area contributed by atoms with Crippen LogP contribution in [0.1, 0.15) is 26.7 Å². The second-order valence-electron chi connectivity index (χ2n) is 3.74. The van der Waals surface area contributed by atoms with E-state index >= 15 is 0 Å². The smallest absolute Gasteiger partial charge is 0.0783 e. The molecule has 86 valence electrons. The summed E-state index contributed by atoms with van der Waals surface area (Å²) in [6.45, 7) is 5.60. The van der Waals surface area contributed by atoms with Crippen LogP contribution in [0.3, 0.4) is 0 Å². The summed E-state index contributed by atoms with van der Waals surface area (Å²) in [6.07, 6.45) is 3.03. The Balaban J connectivity index is 2.74. The molecule has 0 saturated heterocycles. The normalized spacial score (nSPS) is 26.6. The van der Waals surface area contributed by atoms with E-state index in [0.29, 0.717) is 6.61 Å². The Morgan fingerprint density at radius 3 is 2.80 bits per heavy atom. The van der Waals surface area contributed by atoms with Crippen molar-refractivity contribution in [2.24, 2.45) is 5.73 Å². The Labute approximate surface area is 91.4 Å². The Morgan fingerprint density at radius 2 is 2.27 bits per heavy atom. The van der Waals surface area contributed by atoms with Crippen LogP contribution < -0.4 is 11.1 Å². The van der Waals surface area contributed by atoms with Gasteiger partial charge in [-0.2, -0.15) is 0 Å². The summed E-state index contributed by atoms with van der Waals surface area (Å²) in [5, 5.41) is 10.6. The molecule has 1 rings (SSSR count).